The molecule has 3 rings (SSSR count). The van der Waals surface area contributed by atoms with Crippen molar-refractivity contribution in [1.82, 2.24) is 14.6 Å². The minimum Gasteiger partial charge on any atom is -0.393 e. The highest BCUT2D eigenvalue weighted by Crippen LogP contribution is 2.25. The van der Waals surface area contributed by atoms with Crippen LogP contribution in [0.4, 0.5) is 5.82 Å². The Hall–Kier alpha value is -1.62. The number of hydrogen-bond acceptors (Lipinski definition) is 4. The lowest BCUT2D eigenvalue weighted by molar-refractivity contribution is 0.0763. The molecule has 2 aromatic heterocycles. The zero-order chi connectivity index (χ0) is 13.2. The van der Waals surface area contributed by atoms with E-state index in [0.29, 0.717) is 5.92 Å². The molecule has 5 nitrogen and oxygen atoms in total. The molecule has 1 aliphatic rings. The SMILES string of the molecule is Cc1cc2c(NCC3CCCCC3O)nccn2n1. The van der Waals surface area contributed by atoms with E-state index in [-0.39, 0.29) is 6.10 Å². The molecule has 0 amide bonds. The van der Waals surface area contributed by atoms with Crippen LogP contribution in [0.15, 0.2) is 18.5 Å². The Morgan fingerprint density at radius 1 is 1.42 bits per heavy atom. The molecule has 0 bridgehead atoms. The molecular weight excluding hydrogens is 240 g/mol. The van der Waals surface area contributed by atoms with E-state index in [1.807, 2.05) is 23.7 Å². The lowest BCUT2D eigenvalue weighted by Crippen LogP contribution is -2.30. The van der Waals surface area contributed by atoms with Crippen LogP contribution in [0.3, 0.4) is 0 Å². The summed E-state index contributed by atoms with van der Waals surface area (Å²) < 4.78 is 1.84. The number of aromatic nitrogens is 3. The van der Waals surface area contributed by atoms with Gasteiger partial charge in [0.05, 0.1) is 11.8 Å². The summed E-state index contributed by atoms with van der Waals surface area (Å²) in [6.45, 7) is 2.75. The van der Waals surface area contributed by atoms with E-state index < -0.39 is 0 Å². The standard InChI is InChI=1S/C14H20N4O/c1-10-8-12-14(15-6-7-18(12)17-10)16-9-11-4-2-3-5-13(11)19/h6-8,11,13,19H,2-5,9H2,1H3,(H,15,16). The molecule has 102 valence electrons. The zero-order valence-corrected chi connectivity index (χ0v) is 11.2. The van der Waals surface area contributed by atoms with E-state index >= 15 is 0 Å². The zero-order valence-electron chi connectivity index (χ0n) is 11.2. The summed E-state index contributed by atoms with van der Waals surface area (Å²) in [6.07, 6.45) is 7.81. The lowest BCUT2D eigenvalue weighted by Gasteiger charge is -2.27. The van der Waals surface area contributed by atoms with Crippen LogP contribution in [0.2, 0.25) is 0 Å². The second kappa shape index (κ2) is 5.17. The molecule has 2 atom stereocenters. The van der Waals surface area contributed by atoms with Gasteiger partial charge in [0, 0.05) is 24.9 Å². The van der Waals surface area contributed by atoms with Crippen LogP contribution in [0.25, 0.3) is 5.52 Å². The molecule has 0 saturated heterocycles. The number of aryl methyl sites for hydroxylation is 1. The minimum absolute atomic E-state index is 0.173. The van der Waals surface area contributed by atoms with Gasteiger partial charge in [-0.3, -0.25) is 0 Å². The lowest BCUT2D eigenvalue weighted by atomic mass is 9.86. The number of nitrogens with zero attached hydrogens (tertiary/aromatic N) is 3. The molecule has 0 aliphatic heterocycles. The van der Waals surface area contributed by atoms with E-state index in [0.717, 1.165) is 42.8 Å². The van der Waals surface area contributed by atoms with Gasteiger partial charge in [-0.15, -0.1) is 0 Å². The number of rotatable bonds is 3. The van der Waals surface area contributed by atoms with Crippen molar-refractivity contribution in [2.75, 3.05) is 11.9 Å². The van der Waals surface area contributed by atoms with E-state index in [1.165, 1.54) is 6.42 Å². The Morgan fingerprint density at radius 3 is 3.11 bits per heavy atom. The molecule has 0 aromatic carbocycles. The predicted octanol–water partition coefficient (Wildman–Crippen LogP) is 2.00. The maximum Gasteiger partial charge on any atom is 0.152 e. The molecule has 0 radical (unpaired) electrons. The summed E-state index contributed by atoms with van der Waals surface area (Å²) in [6, 6.07) is 2.02. The summed E-state index contributed by atoms with van der Waals surface area (Å²) in [5.41, 5.74) is 1.97. The van der Waals surface area contributed by atoms with Crippen LogP contribution in [-0.2, 0) is 0 Å². The van der Waals surface area contributed by atoms with Gasteiger partial charge in [-0.25, -0.2) is 9.50 Å². The minimum atomic E-state index is -0.173. The Bertz CT molecular complexity index is 566. The number of anilines is 1. The van der Waals surface area contributed by atoms with Gasteiger partial charge in [0.1, 0.15) is 5.52 Å². The molecule has 19 heavy (non-hydrogen) atoms. The molecule has 2 N–H and O–H groups in total. The van der Waals surface area contributed by atoms with Crippen molar-refractivity contribution >= 4 is 11.3 Å². The van der Waals surface area contributed by atoms with Crippen molar-refractivity contribution in [2.24, 2.45) is 5.92 Å². The largest absolute Gasteiger partial charge is 0.393 e. The van der Waals surface area contributed by atoms with Gasteiger partial charge in [-0.1, -0.05) is 12.8 Å². The second-order valence-corrected chi connectivity index (χ2v) is 5.38. The third-order valence-corrected chi connectivity index (χ3v) is 3.91. The summed E-state index contributed by atoms with van der Waals surface area (Å²) in [5, 5.41) is 17.7. The Kier molecular flexibility index (Phi) is 3.38. The van der Waals surface area contributed by atoms with Gasteiger partial charge in [-0.2, -0.15) is 5.10 Å². The van der Waals surface area contributed by atoms with Crippen LogP contribution in [0, 0.1) is 12.8 Å². The van der Waals surface area contributed by atoms with Crippen LogP contribution in [0.1, 0.15) is 31.4 Å². The number of hydrogen-bond donors (Lipinski definition) is 2. The van der Waals surface area contributed by atoms with E-state index in [4.69, 9.17) is 0 Å². The van der Waals surface area contributed by atoms with Gasteiger partial charge in [-0.05, 0) is 25.8 Å². The van der Waals surface area contributed by atoms with Crippen molar-refractivity contribution in [3.05, 3.63) is 24.2 Å². The molecular formula is C14H20N4O. The highest BCUT2D eigenvalue weighted by Gasteiger charge is 2.22. The van der Waals surface area contributed by atoms with Gasteiger partial charge < -0.3 is 10.4 Å². The first-order valence-electron chi connectivity index (χ1n) is 6.97. The maximum atomic E-state index is 9.99. The third kappa shape index (κ3) is 2.56. The van der Waals surface area contributed by atoms with Gasteiger partial charge in [0.15, 0.2) is 5.82 Å². The smallest absolute Gasteiger partial charge is 0.152 e. The van der Waals surface area contributed by atoms with Crippen molar-refractivity contribution in [2.45, 2.75) is 38.7 Å². The highest BCUT2D eigenvalue weighted by atomic mass is 16.3. The Labute approximate surface area is 112 Å². The number of aliphatic hydroxyl groups excluding tert-OH is 1. The molecule has 5 heteroatoms. The first-order valence-corrected chi connectivity index (χ1v) is 6.97. The van der Waals surface area contributed by atoms with E-state index in [2.05, 4.69) is 15.4 Å². The van der Waals surface area contributed by atoms with Gasteiger partial charge in [0.2, 0.25) is 0 Å². The van der Waals surface area contributed by atoms with E-state index in [1.54, 1.807) is 6.20 Å². The van der Waals surface area contributed by atoms with Crippen molar-refractivity contribution in [3.8, 4) is 0 Å². The van der Waals surface area contributed by atoms with Crippen LogP contribution in [-0.4, -0.2) is 32.4 Å². The summed E-state index contributed by atoms with van der Waals surface area (Å²) in [4.78, 5) is 4.38. The maximum absolute atomic E-state index is 9.99. The van der Waals surface area contributed by atoms with Crippen LogP contribution in [0.5, 0.6) is 0 Å². The summed E-state index contributed by atoms with van der Waals surface area (Å²) in [7, 11) is 0. The molecule has 1 saturated carbocycles. The number of aliphatic hydroxyl groups is 1. The van der Waals surface area contributed by atoms with Gasteiger partial charge >= 0.3 is 0 Å². The highest BCUT2D eigenvalue weighted by molar-refractivity contribution is 5.67. The van der Waals surface area contributed by atoms with Crippen LogP contribution >= 0.6 is 0 Å². The average molecular weight is 260 g/mol. The Morgan fingerprint density at radius 2 is 2.26 bits per heavy atom. The predicted molar refractivity (Wildman–Crippen MR) is 74.2 cm³/mol. The Balaban J connectivity index is 1.74. The molecule has 2 unspecified atom stereocenters. The fraction of sp³-hybridized carbons (Fsp3) is 0.571. The number of fused-ring (bicyclic) bond motifs is 1. The van der Waals surface area contributed by atoms with Crippen molar-refractivity contribution in [1.29, 1.82) is 0 Å². The van der Waals surface area contributed by atoms with E-state index in [9.17, 15) is 5.11 Å². The fourth-order valence-corrected chi connectivity index (χ4v) is 2.83. The molecule has 2 heterocycles. The quantitative estimate of drug-likeness (QED) is 0.886. The first-order chi connectivity index (χ1) is 9.24. The molecule has 0 spiro atoms. The van der Waals surface area contributed by atoms with Crippen molar-refractivity contribution in [3.63, 3.8) is 0 Å². The molecule has 1 fully saturated rings. The van der Waals surface area contributed by atoms with Crippen LogP contribution < -0.4 is 5.32 Å². The van der Waals surface area contributed by atoms with Crippen molar-refractivity contribution < 1.29 is 5.11 Å². The summed E-state index contributed by atoms with van der Waals surface area (Å²) >= 11 is 0. The molecule has 2 aromatic rings. The molecule has 1 aliphatic carbocycles. The topological polar surface area (TPSA) is 62.5 Å². The number of nitrogens with one attached hydrogen (secondary N) is 1. The monoisotopic (exact) mass is 260 g/mol. The average Bonchev–Trinajstić information content (AvgIpc) is 2.78. The first kappa shape index (κ1) is 12.4. The van der Waals surface area contributed by atoms with Gasteiger partial charge in [0.25, 0.3) is 0 Å². The third-order valence-electron chi connectivity index (χ3n) is 3.91. The second-order valence-electron chi connectivity index (χ2n) is 5.38. The normalized spacial score (nSPS) is 23.7. The fourth-order valence-electron chi connectivity index (χ4n) is 2.83. The summed E-state index contributed by atoms with van der Waals surface area (Å²) in [5.74, 6) is 1.18.